The number of halogens is 4. The molecule has 0 radical (unpaired) electrons. The molecule has 1 amide bonds. The summed E-state index contributed by atoms with van der Waals surface area (Å²) in [6, 6.07) is 4.63. The number of hydrogen-bond donors (Lipinski definition) is 2. The van der Waals surface area contributed by atoms with Gasteiger partial charge in [-0.15, -0.1) is 0 Å². The Labute approximate surface area is 166 Å². The number of aromatic hydroxyl groups is 1. The number of carbonyl (C=O) groups excluding carboxylic acids is 1. The molecule has 2 aromatic rings. The van der Waals surface area contributed by atoms with Gasteiger partial charge >= 0.3 is 6.18 Å². The summed E-state index contributed by atoms with van der Waals surface area (Å²) in [5.74, 6) is -0.989. The number of benzene rings is 2. The molecule has 2 rings (SSSR count). The molecular formula is C17H13ClF3N3O5. The molecule has 0 atom stereocenters. The van der Waals surface area contributed by atoms with Crippen LogP contribution < -0.4 is 10.2 Å². The van der Waals surface area contributed by atoms with E-state index in [9.17, 15) is 33.2 Å². The predicted octanol–water partition coefficient (Wildman–Crippen LogP) is 3.67. The van der Waals surface area contributed by atoms with Gasteiger partial charge in [0, 0.05) is 11.6 Å². The number of carbonyl (C=O) groups is 1. The third-order valence-electron chi connectivity index (χ3n) is 3.63. The number of nitro benzene ring substituents is 1. The number of phenolic OH excluding ortho intramolecular Hbond substituents is 1. The molecule has 0 saturated heterocycles. The highest BCUT2D eigenvalue weighted by molar-refractivity contribution is 6.32. The quantitative estimate of drug-likeness (QED) is 0.411. The molecule has 0 aromatic heterocycles. The molecule has 0 aliphatic rings. The van der Waals surface area contributed by atoms with Crippen molar-refractivity contribution in [3.63, 3.8) is 0 Å². The highest BCUT2D eigenvalue weighted by atomic mass is 35.5. The van der Waals surface area contributed by atoms with Gasteiger partial charge in [-0.3, -0.25) is 14.9 Å². The summed E-state index contributed by atoms with van der Waals surface area (Å²) in [4.78, 5) is 22.0. The number of hydrazone groups is 1. The zero-order chi connectivity index (χ0) is 21.8. The third-order valence-corrected chi connectivity index (χ3v) is 3.92. The number of amides is 1. The van der Waals surface area contributed by atoms with E-state index in [1.165, 1.54) is 25.5 Å². The van der Waals surface area contributed by atoms with Gasteiger partial charge in [0.1, 0.15) is 0 Å². The van der Waals surface area contributed by atoms with Crippen molar-refractivity contribution in [2.24, 2.45) is 5.10 Å². The Hall–Kier alpha value is -3.34. The van der Waals surface area contributed by atoms with E-state index in [1.54, 1.807) is 0 Å². The van der Waals surface area contributed by atoms with Gasteiger partial charge in [-0.1, -0.05) is 17.7 Å². The maximum Gasteiger partial charge on any atom is 0.416 e. The van der Waals surface area contributed by atoms with Gasteiger partial charge in [-0.05, 0) is 23.8 Å². The second kappa shape index (κ2) is 8.78. The Balaban J connectivity index is 2.12. The highest BCUT2D eigenvalue weighted by Gasteiger charge is 2.33. The maximum atomic E-state index is 12.7. The van der Waals surface area contributed by atoms with E-state index in [2.05, 4.69) is 10.5 Å². The van der Waals surface area contributed by atoms with Gasteiger partial charge in [0.25, 0.3) is 5.69 Å². The third kappa shape index (κ3) is 5.57. The molecule has 0 bridgehead atoms. The van der Waals surface area contributed by atoms with Crippen LogP contribution in [0.15, 0.2) is 35.4 Å². The van der Waals surface area contributed by atoms with Crippen LogP contribution in [0.1, 0.15) is 16.7 Å². The number of methoxy groups -OCH3 is 1. The molecule has 0 aliphatic heterocycles. The van der Waals surface area contributed by atoms with Crippen molar-refractivity contribution in [1.82, 2.24) is 5.43 Å². The summed E-state index contributed by atoms with van der Waals surface area (Å²) in [5.41, 5.74) is 0.249. The fourth-order valence-electron chi connectivity index (χ4n) is 2.27. The fraction of sp³-hybridized carbons (Fsp3) is 0.176. The number of rotatable bonds is 6. The summed E-state index contributed by atoms with van der Waals surface area (Å²) in [7, 11) is 1.31. The number of phenols is 1. The second-order valence-corrected chi connectivity index (χ2v) is 6.03. The van der Waals surface area contributed by atoms with Gasteiger partial charge in [-0.2, -0.15) is 18.3 Å². The molecule has 12 heteroatoms. The SMILES string of the molecule is COc1cc(/C=N/NC(=O)Cc2ccc(C(F)(F)F)cc2[N+](=O)[O-])cc(Cl)c1O. The van der Waals surface area contributed by atoms with Crippen LogP contribution in [0.25, 0.3) is 0 Å². The number of hydrogen-bond acceptors (Lipinski definition) is 6. The van der Waals surface area contributed by atoms with Gasteiger partial charge in [0.05, 0.1) is 35.3 Å². The van der Waals surface area contributed by atoms with Crippen LogP contribution in [-0.2, 0) is 17.4 Å². The van der Waals surface area contributed by atoms with Gasteiger partial charge < -0.3 is 9.84 Å². The molecule has 2 N–H and O–H groups in total. The number of ether oxygens (including phenoxy) is 1. The van der Waals surface area contributed by atoms with Crippen LogP contribution in [0, 0.1) is 10.1 Å². The van der Waals surface area contributed by atoms with E-state index in [1.807, 2.05) is 0 Å². The van der Waals surface area contributed by atoms with E-state index < -0.39 is 34.7 Å². The maximum absolute atomic E-state index is 12.7. The Bertz CT molecular complexity index is 980. The fourth-order valence-corrected chi connectivity index (χ4v) is 2.49. The van der Waals surface area contributed by atoms with Crippen molar-refractivity contribution in [3.05, 3.63) is 62.2 Å². The summed E-state index contributed by atoms with van der Waals surface area (Å²) in [5, 5.41) is 24.3. The molecule has 0 saturated carbocycles. The van der Waals surface area contributed by atoms with Crippen LogP contribution in [0.5, 0.6) is 11.5 Å². The largest absolute Gasteiger partial charge is 0.503 e. The summed E-state index contributed by atoms with van der Waals surface area (Å²) in [6.07, 6.45) is -4.14. The zero-order valence-corrected chi connectivity index (χ0v) is 15.4. The van der Waals surface area contributed by atoms with E-state index in [4.69, 9.17) is 16.3 Å². The summed E-state index contributed by atoms with van der Waals surface area (Å²) in [6.45, 7) is 0. The zero-order valence-electron chi connectivity index (χ0n) is 14.7. The molecule has 0 spiro atoms. The van der Waals surface area contributed by atoms with E-state index >= 15 is 0 Å². The molecule has 0 fully saturated rings. The van der Waals surface area contributed by atoms with Crippen molar-refractivity contribution in [3.8, 4) is 11.5 Å². The lowest BCUT2D eigenvalue weighted by Gasteiger charge is -2.08. The molecule has 2 aromatic carbocycles. The smallest absolute Gasteiger partial charge is 0.416 e. The van der Waals surface area contributed by atoms with Crippen molar-refractivity contribution < 1.29 is 32.7 Å². The monoisotopic (exact) mass is 431 g/mol. The van der Waals surface area contributed by atoms with Crippen molar-refractivity contribution >= 4 is 29.4 Å². The number of nitrogens with one attached hydrogen (secondary N) is 1. The number of nitrogens with zero attached hydrogens (tertiary/aromatic N) is 2. The lowest BCUT2D eigenvalue weighted by atomic mass is 10.1. The first-order valence-corrected chi connectivity index (χ1v) is 8.13. The molecule has 0 unspecified atom stereocenters. The minimum atomic E-state index is -4.75. The first kappa shape index (κ1) is 22.0. The predicted molar refractivity (Wildman–Crippen MR) is 97.2 cm³/mol. The molecule has 8 nitrogen and oxygen atoms in total. The first-order chi connectivity index (χ1) is 13.5. The standard InChI is InChI=1S/C17H13ClF3N3O5/c1-29-14-5-9(4-12(18)16(14)26)8-22-23-15(25)6-10-2-3-11(17(19,20)21)7-13(10)24(27)28/h2-5,7-8,26H,6H2,1H3,(H,23,25)/b22-8+. The Morgan fingerprint density at radius 3 is 2.66 bits per heavy atom. The van der Waals surface area contributed by atoms with E-state index in [-0.39, 0.29) is 22.1 Å². The van der Waals surface area contributed by atoms with Crippen molar-refractivity contribution in [2.75, 3.05) is 7.11 Å². The molecular weight excluding hydrogens is 419 g/mol. The van der Waals surface area contributed by atoms with Crippen LogP contribution in [0.4, 0.5) is 18.9 Å². The van der Waals surface area contributed by atoms with E-state index in [0.29, 0.717) is 17.7 Å². The van der Waals surface area contributed by atoms with Crippen molar-refractivity contribution in [1.29, 1.82) is 0 Å². The second-order valence-electron chi connectivity index (χ2n) is 5.62. The normalized spacial score (nSPS) is 11.5. The highest BCUT2D eigenvalue weighted by Crippen LogP contribution is 2.34. The average Bonchev–Trinajstić information content (AvgIpc) is 2.63. The van der Waals surface area contributed by atoms with Crippen LogP contribution in [0.2, 0.25) is 5.02 Å². The van der Waals surface area contributed by atoms with Crippen LogP contribution >= 0.6 is 11.6 Å². The van der Waals surface area contributed by atoms with Crippen LogP contribution in [0.3, 0.4) is 0 Å². The summed E-state index contributed by atoms with van der Waals surface area (Å²) >= 11 is 5.82. The van der Waals surface area contributed by atoms with Gasteiger partial charge in [0.15, 0.2) is 11.5 Å². The first-order valence-electron chi connectivity index (χ1n) is 7.76. The average molecular weight is 432 g/mol. The number of nitro groups is 1. The molecule has 154 valence electrons. The summed E-state index contributed by atoms with van der Waals surface area (Å²) < 4.78 is 43.0. The number of alkyl halides is 3. The minimum Gasteiger partial charge on any atom is -0.503 e. The van der Waals surface area contributed by atoms with E-state index in [0.717, 1.165) is 6.07 Å². The Morgan fingerprint density at radius 2 is 2.07 bits per heavy atom. The molecule has 29 heavy (non-hydrogen) atoms. The topological polar surface area (TPSA) is 114 Å². The lowest BCUT2D eigenvalue weighted by molar-refractivity contribution is -0.385. The molecule has 0 aliphatic carbocycles. The minimum absolute atomic E-state index is 0.0162. The van der Waals surface area contributed by atoms with Gasteiger partial charge in [0.2, 0.25) is 5.91 Å². The van der Waals surface area contributed by atoms with Gasteiger partial charge in [-0.25, -0.2) is 5.43 Å². The Kier molecular flexibility index (Phi) is 6.64. The van der Waals surface area contributed by atoms with Crippen molar-refractivity contribution in [2.45, 2.75) is 12.6 Å². The lowest BCUT2D eigenvalue weighted by Crippen LogP contribution is -2.20. The van der Waals surface area contributed by atoms with Crippen LogP contribution in [-0.4, -0.2) is 29.3 Å². The molecule has 0 heterocycles. The Morgan fingerprint density at radius 1 is 1.38 bits per heavy atom.